The number of hydrogen-bond acceptors (Lipinski definition) is 5. The average Bonchev–Trinajstić information content (AvgIpc) is 3.08. The standard InChI is InChI=1S/C17H16ClN5O3S/c1-2-8-20-27(25,26)14-10-12(6-7-13(14)18)17(24)19-11-16-22-21-15-5-3-4-9-23(15)16/h2-7,9-10,20H,1,8,11H2,(H,19,24). The van der Waals surface area contributed by atoms with Gasteiger partial charge in [0.05, 0.1) is 11.6 Å². The first-order valence-corrected chi connectivity index (χ1v) is 9.75. The van der Waals surface area contributed by atoms with Gasteiger partial charge in [0, 0.05) is 18.3 Å². The molecule has 10 heteroatoms. The average molecular weight is 406 g/mol. The molecule has 0 saturated heterocycles. The normalized spacial score (nSPS) is 11.4. The number of rotatable bonds is 7. The van der Waals surface area contributed by atoms with E-state index in [1.54, 1.807) is 16.7 Å². The van der Waals surface area contributed by atoms with Crippen LogP contribution in [0.2, 0.25) is 5.02 Å². The van der Waals surface area contributed by atoms with Gasteiger partial charge < -0.3 is 5.32 Å². The zero-order chi connectivity index (χ0) is 19.4. The fraction of sp³-hybridized carbons (Fsp3) is 0.118. The molecule has 27 heavy (non-hydrogen) atoms. The highest BCUT2D eigenvalue weighted by Gasteiger charge is 2.19. The number of hydrogen-bond donors (Lipinski definition) is 2. The molecule has 1 amide bonds. The lowest BCUT2D eigenvalue weighted by atomic mass is 10.2. The lowest BCUT2D eigenvalue weighted by molar-refractivity contribution is 0.0949. The van der Waals surface area contributed by atoms with Crippen LogP contribution in [0.1, 0.15) is 16.2 Å². The second-order valence-electron chi connectivity index (χ2n) is 5.51. The molecule has 0 aliphatic heterocycles. The van der Waals surface area contributed by atoms with Crippen molar-refractivity contribution in [2.24, 2.45) is 0 Å². The first-order valence-electron chi connectivity index (χ1n) is 7.89. The quantitative estimate of drug-likeness (QED) is 0.583. The third-order valence-electron chi connectivity index (χ3n) is 3.69. The van der Waals surface area contributed by atoms with Gasteiger partial charge in [0.25, 0.3) is 5.91 Å². The number of pyridine rings is 1. The van der Waals surface area contributed by atoms with Crippen LogP contribution < -0.4 is 10.0 Å². The van der Waals surface area contributed by atoms with Gasteiger partial charge in [-0.3, -0.25) is 9.20 Å². The highest BCUT2D eigenvalue weighted by atomic mass is 35.5. The van der Waals surface area contributed by atoms with E-state index in [9.17, 15) is 13.2 Å². The van der Waals surface area contributed by atoms with Crippen LogP contribution >= 0.6 is 11.6 Å². The molecule has 0 saturated carbocycles. The van der Waals surface area contributed by atoms with Crippen LogP contribution in [0.15, 0.2) is 60.1 Å². The van der Waals surface area contributed by atoms with Crippen molar-refractivity contribution >= 4 is 33.2 Å². The molecule has 8 nitrogen and oxygen atoms in total. The van der Waals surface area contributed by atoms with Crippen molar-refractivity contribution in [2.45, 2.75) is 11.4 Å². The highest BCUT2D eigenvalue weighted by Crippen LogP contribution is 2.22. The maximum Gasteiger partial charge on any atom is 0.251 e. The van der Waals surface area contributed by atoms with Crippen molar-refractivity contribution < 1.29 is 13.2 Å². The van der Waals surface area contributed by atoms with Crippen molar-refractivity contribution in [2.75, 3.05) is 6.54 Å². The molecule has 2 heterocycles. The van der Waals surface area contributed by atoms with Crippen LogP contribution in [0, 0.1) is 0 Å². The van der Waals surface area contributed by atoms with E-state index in [0.29, 0.717) is 11.5 Å². The second-order valence-corrected chi connectivity index (χ2v) is 7.66. The molecule has 0 atom stereocenters. The summed E-state index contributed by atoms with van der Waals surface area (Å²) in [6.07, 6.45) is 3.19. The van der Waals surface area contributed by atoms with Crippen LogP contribution in [0.4, 0.5) is 0 Å². The third-order valence-corrected chi connectivity index (χ3v) is 5.60. The van der Waals surface area contributed by atoms with Crippen molar-refractivity contribution in [3.8, 4) is 0 Å². The molecule has 0 unspecified atom stereocenters. The first-order chi connectivity index (χ1) is 12.9. The van der Waals surface area contributed by atoms with Gasteiger partial charge in [-0.25, -0.2) is 13.1 Å². The number of benzene rings is 1. The minimum atomic E-state index is -3.86. The molecule has 140 valence electrons. The maximum atomic E-state index is 12.4. The molecular formula is C17H16ClN5O3S. The van der Waals surface area contributed by atoms with E-state index in [4.69, 9.17) is 11.6 Å². The summed E-state index contributed by atoms with van der Waals surface area (Å²) < 4.78 is 28.6. The van der Waals surface area contributed by atoms with Gasteiger partial charge in [-0.05, 0) is 30.3 Å². The number of carbonyl (C=O) groups is 1. The predicted octanol–water partition coefficient (Wildman–Crippen LogP) is 1.78. The van der Waals surface area contributed by atoms with Crippen LogP contribution in [0.25, 0.3) is 5.65 Å². The molecule has 0 aliphatic rings. The van der Waals surface area contributed by atoms with Crippen molar-refractivity contribution in [1.82, 2.24) is 24.6 Å². The van der Waals surface area contributed by atoms with Crippen LogP contribution in [0.3, 0.4) is 0 Å². The molecule has 1 aromatic carbocycles. The molecule has 0 spiro atoms. The molecule has 3 aromatic rings. The third kappa shape index (κ3) is 4.16. The fourth-order valence-electron chi connectivity index (χ4n) is 2.37. The number of nitrogens with one attached hydrogen (secondary N) is 2. The monoisotopic (exact) mass is 405 g/mol. The zero-order valence-corrected chi connectivity index (χ0v) is 15.7. The van der Waals surface area contributed by atoms with Gasteiger partial charge in [-0.2, -0.15) is 0 Å². The van der Waals surface area contributed by atoms with E-state index in [2.05, 4.69) is 26.8 Å². The number of amides is 1. The van der Waals surface area contributed by atoms with Gasteiger partial charge >= 0.3 is 0 Å². The SMILES string of the molecule is C=CCNS(=O)(=O)c1cc(C(=O)NCc2nnc3ccccn23)ccc1Cl. The summed E-state index contributed by atoms with van der Waals surface area (Å²) in [5.74, 6) is 0.0907. The van der Waals surface area contributed by atoms with Gasteiger partial charge in [0.2, 0.25) is 10.0 Å². The Hall–Kier alpha value is -2.75. The Morgan fingerprint density at radius 2 is 2.07 bits per heavy atom. The van der Waals surface area contributed by atoms with Crippen molar-refractivity contribution in [3.05, 3.63) is 71.7 Å². The highest BCUT2D eigenvalue weighted by molar-refractivity contribution is 7.89. The number of nitrogens with zero attached hydrogens (tertiary/aromatic N) is 3. The molecular weight excluding hydrogens is 390 g/mol. The Labute approximate surface area is 160 Å². The number of carbonyl (C=O) groups excluding carboxylic acids is 1. The van der Waals surface area contributed by atoms with Crippen LogP contribution in [-0.4, -0.2) is 35.5 Å². The molecule has 3 rings (SSSR count). The topological polar surface area (TPSA) is 105 Å². The Kier molecular flexibility index (Phi) is 5.54. The Balaban J connectivity index is 1.79. The van der Waals surface area contributed by atoms with E-state index >= 15 is 0 Å². The minimum Gasteiger partial charge on any atom is -0.345 e. The van der Waals surface area contributed by atoms with Crippen molar-refractivity contribution in [3.63, 3.8) is 0 Å². The summed E-state index contributed by atoms with van der Waals surface area (Å²) in [5.41, 5.74) is 0.821. The number of aromatic nitrogens is 3. The summed E-state index contributed by atoms with van der Waals surface area (Å²) in [7, 11) is -3.86. The second kappa shape index (κ2) is 7.87. The lowest BCUT2D eigenvalue weighted by Crippen LogP contribution is -2.26. The molecule has 0 fully saturated rings. The summed E-state index contributed by atoms with van der Waals surface area (Å²) in [6, 6.07) is 9.50. The van der Waals surface area contributed by atoms with E-state index in [-0.39, 0.29) is 28.6 Å². The van der Waals surface area contributed by atoms with Gasteiger partial charge in [0.15, 0.2) is 11.5 Å². The number of sulfonamides is 1. The van der Waals surface area contributed by atoms with E-state index in [0.717, 1.165) is 0 Å². The predicted molar refractivity (Wildman–Crippen MR) is 101 cm³/mol. The Morgan fingerprint density at radius 1 is 1.26 bits per heavy atom. The first kappa shape index (κ1) is 19.0. The van der Waals surface area contributed by atoms with Crippen LogP contribution in [0.5, 0.6) is 0 Å². The Morgan fingerprint density at radius 3 is 2.85 bits per heavy atom. The van der Waals surface area contributed by atoms with Gasteiger partial charge in [0.1, 0.15) is 4.90 Å². The zero-order valence-electron chi connectivity index (χ0n) is 14.1. The largest absolute Gasteiger partial charge is 0.345 e. The summed E-state index contributed by atoms with van der Waals surface area (Å²) in [4.78, 5) is 12.3. The molecule has 0 aliphatic carbocycles. The smallest absolute Gasteiger partial charge is 0.251 e. The van der Waals surface area contributed by atoms with Crippen molar-refractivity contribution in [1.29, 1.82) is 0 Å². The van der Waals surface area contributed by atoms with Gasteiger partial charge in [-0.15, -0.1) is 16.8 Å². The summed E-state index contributed by atoms with van der Waals surface area (Å²) >= 11 is 5.99. The number of fused-ring (bicyclic) bond motifs is 1. The fourth-order valence-corrected chi connectivity index (χ4v) is 3.89. The molecule has 2 aromatic heterocycles. The summed E-state index contributed by atoms with van der Waals surface area (Å²) in [5, 5.41) is 10.7. The maximum absolute atomic E-state index is 12.4. The van der Waals surface area contributed by atoms with Crippen LogP contribution in [-0.2, 0) is 16.6 Å². The van der Waals surface area contributed by atoms with E-state index in [1.807, 2.05) is 12.1 Å². The summed E-state index contributed by atoms with van der Waals surface area (Å²) in [6.45, 7) is 3.64. The molecule has 0 radical (unpaired) electrons. The molecule has 2 N–H and O–H groups in total. The molecule has 0 bridgehead atoms. The van der Waals surface area contributed by atoms with E-state index < -0.39 is 15.9 Å². The minimum absolute atomic E-state index is 0.0200. The number of halogens is 1. The van der Waals surface area contributed by atoms with E-state index in [1.165, 1.54) is 24.3 Å². The Bertz CT molecular complexity index is 1110. The lowest BCUT2D eigenvalue weighted by Gasteiger charge is -2.09. The van der Waals surface area contributed by atoms with Gasteiger partial charge in [-0.1, -0.05) is 23.7 Å².